The Morgan fingerprint density at radius 2 is 1.62 bits per heavy atom. The number of ether oxygens (including phenoxy) is 1. The lowest BCUT2D eigenvalue weighted by atomic mass is 10.2. The van der Waals surface area contributed by atoms with Gasteiger partial charge in [-0.05, 0) is 50.2 Å². The number of hydrogen-bond acceptors (Lipinski definition) is 4. The molecule has 0 bridgehead atoms. The van der Waals surface area contributed by atoms with Crippen LogP contribution in [0.1, 0.15) is 12.5 Å². The standard InChI is InChI=1S/C21H26N2O2S/c1-16-4-10-20(11-5-16)26-17(2)21(24)23-14-12-22(13-15-23)18-6-8-19(25-3)9-7-18/h4-11,17H,12-15H2,1-3H3/t17-/m1/s1. The van der Waals surface area contributed by atoms with Crippen molar-refractivity contribution in [3.05, 3.63) is 54.1 Å². The zero-order chi connectivity index (χ0) is 18.5. The number of nitrogens with zero attached hydrogens (tertiary/aromatic N) is 2. The van der Waals surface area contributed by atoms with Crippen LogP contribution in [0.25, 0.3) is 0 Å². The summed E-state index contributed by atoms with van der Waals surface area (Å²) < 4.78 is 5.21. The lowest BCUT2D eigenvalue weighted by Crippen LogP contribution is -2.50. The molecule has 4 nitrogen and oxygen atoms in total. The van der Waals surface area contributed by atoms with Gasteiger partial charge in [0.25, 0.3) is 0 Å². The molecule has 0 saturated carbocycles. The number of piperazine rings is 1. The highest BCUT2D eigenvalue weighted by atomic mass is 32.2. The van der Waals surface area contributed by atoms with E-state index in [0.717, 1.165) is 36.8 Å². The van der Waals surface area contributed by atoms with E-state index in [-0.39, 0.29) is 11.2 Å². The Morgan fingerprint density at radius 3 is 2.19 bits per heavy atom. The first-order valence-corrected chi connectivity index (χ1v) is 9.86. The Balaban J connectivity index is 1.53. The number of rotatable bonds is 5. The molecule has 1 heterocycles. The van der Waals surface area contributed by atoms with Crippen LogP contribution in [0.3, 0.4) is 0 Å². The van der Waals surface area contributed by atoms with Gasteiger partial charge in [-0.2, -0.15) is 0 Å². The van der Waals surface area contributed by atoms with Gasteiger partial charge < -0.3 is 14.5 Å². The van der Waals surface area contributed by atoms with E-state index >= 15 is 0 Å². The van der Waals surface area contributed by atoms with Crippen LogP contribution in [0.5, 0.6) is 5.75 Å². The van der Waals surface area contributed by atoms with Crippen LogP contribution >= 0.6 is 11.8 Å². The molecule has 1 aliphatic heterocycles. The maximum absolute atomic E-state index is 12.8. The minimum absolute atomic E-state index is 0.0646. The summed E-state index contributed by atoms with van der Waals surface area (Å²) in [6.45, 7) is 7.33. The normalized spacial score (nSPS) is 15.7. The molecule has 0 unspecified atom stereocenters. The van der Waals surface area contributed by atoms with E-state index in [0.29, 0.717) is 0 Å². The average molecular weight is 371 g/mol. The summed E-state index contributed by atoms with van der Waals surface area (Å²) >= 11 is 1.64. The molecule has 1 fully saturated rings. The van der Waals surface area contributed by atoms with Gasteiger partial charge in [-0.15, -0.1) is 11.8 Å². The van der Waals surface area contributed by atoms with Crippen molar-refractivity contribution in [2.45, 2.75) is 24.0 Å². The maximum atomic E-state index is 12.8. The van der Waals surface area contributed by atoms with Crippen molar-refractivity contribution in [2.24, 2.45) is 0 Å². The average Bonchev–Trinajstić information content (AvgIpc) is 2.69. The number of thioether (sulfide) groups is 1. The van der Waals surface area contributed by atoms with E-state index in [4.69, 9.17) is 4.74 Å². The summed E-state index contributed by atoms with van der Waals surface area (Å²) in [5, 5.41) is -0.0646. The molecule has 0 aromatic heterocycles. The third-order valence-electron chi connectivity index (χ3n) is 4.71. The zero-order valence-corrected chi connectivity index (χ0v) is 16.5. The minimum atomic E-state index is -0.0646. The van der Waals surface area contributed by atoms with E-state index in [9.17, 15) is 4.79 Å². The van der Waals surface area contributed by atoms with Gasteiger partial charge in [0, 0.05) is 36.8 Å². The van der Waals surface area contributed by atoms with Crippen molar-refractivity contribution in [3.8, 4) is 5.75 Å². The maximum Gasteiger partial charge on any atom is 0.235 e. The van der Waals surface area contributed by atoms with E-state index in [1.165, 1.54) is 11.3 Å². The summed E-state index contributed by atoms with van der Waals surface area (Å²) in [6, 6.07) is 16.5. The molecule has 1 aliphatic rings. The Hall–Kier alpha value is -2.14. The summed E-state index contributed by atoms with van der Waals surface area (Å²) in [4.78, 5) is 18.2. The van der Waals surface area contributed by atoms with Gasteiger partial charge in [-0.25, -0.2) is 0 Å². The van der Waals surface area contributed by atoms with Crippen molar-refractivity contribution >= 4 is 23.4 Å². The molecule has 0 N–H and O–H groups in total. The monoisotopic (exact) mass is 370 g/mol. The molecule has 1 amide bonds. The molecule has 2 aromatic rings. The third kappa shape index (κ3) is 4.52. The second-order valence-electron chi connectivity index (χ2n) is 6.58. The first-order valence-electron chi connectivity index (χ1n) is 8.98. The highest BCUT2D eigenvalue weighted by molar-refractivity contribution is 8.00. The molecule has 1 atom stereocenters. The summed E-state index contributed by atoms with van der Waals surface area (Å²) in [5.74, 6) is 1.09. The SMILES string of the molecule is COc1ccc(N2CCN(C(=O)[C@@H](C)Sc3ccc(C)cc3)CC2)cc1. The number of anilines is 1. The fourth-order valence-corrected chi connectivity index (χ4v) is 4.06. The van der Waals surface area contributed by atoms with Crippen molar-refractivity contribution in [1.29, 1.82) is 0 Å². The first-order chi connectivity index (χ1) is 12.6. The first kappa shape index (κ1) is 18.6. The molecule has 1 saturated heterocycles. The molecule has 5 heteroatoms. The molecule has 0 radical (unpaired) electrons. The number of aryl methyl sites for hydroxylation is 1. The van der Waals surface area contributed by atoms with Gasteiger partial charge in [-0.3, -0.25) is 4.79 Å². The van der Waals surface area contributed by atoms with Crippen LogP contribution in [0, 0.1) is 6.92 Å². The second-order valence-corrected chi connectivity index (χ2v) is 8.00. The molecule has 26 heavy (non-hydrogen) atoms. The highest BCUT2D eigenvalue weighted by Gasteiger charge is 2.25. The van der Waals surface area contributed by atoms with Gasteiger partial charge >= 0.3 is 0 Å². The van der Waals surface area contributed by atoms with Gasteiger partial charge in [0.2, 0.25) is 5.91 Å². The largest absolute Gasteiger partial charge is 0.497 e. The van der Waals surface area contributed by atoms with Crippen molar-refractivity contribution in [1.82, 2.24) is 4.90 Å². The highest BCUT2D eigenvalue weighted by Crippen LogP contribution is 2.26. The van der Waals surface area contributed by atoms with E-state index in [1.807, 2.05) is 24.0 Å². The molecule has 0 aliphatic carbocycles. The van der Waals surface area contributed by atoms with Gasteiger partial charge in [0.05, 0.1) is 12.4 Å². The fraction of sp³-hybridized carbons (Fsp3) is 0.381. The predicted molar refractivity (Wildman–Crippen MR) is 108 cm³/mol. The Labute approximate surface area is 160 Å². The molecule has 138 valence electrons. The lowest BCUT2D eigenvalue weighted by Gasteiger charge is -2.37. The number of carbonyl (C=O) groups is 1. The van der Waals surface area contributed by atoms with Gasteiger partial charge in [0.15, 0.2) is 0 Å². The summed E-state index contributed by atoms with van der Waals surface area (Å²) in [5.41, 5.74) is 2.42. The minimum Gasteiger partial charge on any atom is -0.497 e. The van der Waals surface area contributed by atoms with E-state index in [2.05, 4.69) is 48.2 Å². The number of methoxy groups -OCH3 is 1. The number of hydrogen-bond donors (Lipinski definition) is 0. The van der Waals surface area contributed by atoms with Gasteiger partial charge in [0.1, 0.15) is 5.75 Å². The van der Waals surface area contributed by atoms with Crippen LogP contribution in [0.2, 0.25) is 0 Å². The summed E-state index contributed by atoms with van der Waals surface area (Å²) in [6.07, 6.45) is 0. The van der Waals surface area contributed by atoms with Gasteiger partial charge in [-0.1, -0.05) is 17.7 Å². The molecular weight excluding hydrogens is 344 g/mol. The van der Waals surface area contributed by atoms with Crippen LogP contribution in [-0.4, -0.2) is 49.3 Å². The van der Waals surface area contributed by atoms with Crippen LogP contribution in [-0.2, 0) is 4.79 Å². The van der Waals surface area contributed by atoms with E-state index < -0.39 is 0 Å². The fourth-order valence-electron chi connectivity index (χ4n) is 3.11. The Bertz CT molecular complexity index is 723. The van der Waals surface area contributed by atoms with Crippen molar-refractivity contribution in [3.63, 3.8) is 0 Å². The lowest BCUT2D eigenvalue weighted by molar-refractivity contribution is -0.130. The van der Waals surface area contributed by atoms with Crippen molar-refractivity contribution < 1.29 is 9.53 Å². The van der Waals surface area contributed by atoms with E-state index in [1.54, 1.807) is 18.9 Å². The predicted octanol–water partition coefficient (Wildman–Crippen LogP) is 3.83. The molecule has 0 spiro atoms. The number of benzene rings is 2. The van der Waals surface area contributed by atoms with Crippen LogP contribution in [0.4, 0.5) is 5.69 Å². The molecular formula is C21H26N2O2S. The third-order valence-corrected chi connectivity index (χ3v) is 5.81. The quantitative estimate of drug-likeness (QED) is 0.749. The molecule has 2 aromatic carbocycles. The number of carbonyl (C=O) groups excluding carboxylic acids is 1. The smallest absolute Gasteiger partial charge is 0.235 e. The Kier molecular flexibility index (Phi) is 6.09. The summed E-state index contributed by atoms with van der Waals surface area (Å²) in [7, 11) is 1.68. The van der Waals surface area contributed by atoms with Crippen molar-refractivity contribution in [2.75, 3.05) is 38.2 Å². The molecule has 3 rings (SSSR count). The number of amides is 1. The Morgan fingerprint density at radius 1 is 1.00 bits per heavy atom. The second kappa shape index (κ2) is 8.49. The van der Waals surface area contributed by atoms with Crippen LogP contribution < -0.4 is 9.64 Å². The zero-order valence-electron chi connectivity index (χ0n) is 15.6. The topological polar surface area (TPSA) is 32.8 Å². The van der Waals surface area contributed by atoms with Crippen LogP contribution in [0.15, 0.2) is 53.4 Å².